The average Bonchev–Trinajstić information content (AvgIpc) is 3.33. The van der Waals surface area contributed by atoms with E-state index in [0.717, 1.165) is 44.2 Å². The zero-order valence-corrected chi connectivity index (χ0v) is 12.1. The highest BCUT2D eigenvalue weighted by atomic mass is 16.6. The van der Waals surface area contributed by atoms with Gasteiger partial charge in [-0.05, 0) is 36.7 Å². The summed E-state index contributed by atoms with van der Waals surface area (Å²) in [5.74, 6) is 1.47. The maximum Gasteiger partial charge on any atom is 0.410 e. The fourth-order valence-corrected chi connectivity index (χ4v) is 3.25. The molecule has 112 valence electrons. The molecule has 2 fully saturated rings. The fraction of sp³-hybridized carbons (Fsp3) is 0.529. The third-order valence-electron chi connectivity index (χ3n) is 4.67. The Morgan fingerprint density at radius 2 is 1.95 bits per heavy atom. The molecule has 1 amide bonds. The molecule has 1 aromatic carbocycles. The first kappa shape index (κ1) is 14.1. The van der Waals surface area contributed by atoms with Gasteiger partial charge in [-0.15, -0.1) is 0 Å². The maximum atomic E-state index is 12.0. The van der Waals surface area contributed by atoms with Crippen LogP contribution in [0.25, 0.3) is 0 Å². The summed E-state index contributed by atoms with van der Waals surface area (Å²) in [6.07, 6.45) is 3.91. The normalized spacial score (nSPS) is 25.4. The standard InChI is InChI=1S/C17H21NO3/c19-11-15-10-16(15)14-6-8-18(9-7-14)17(20)21-12-13-4-2-1-3-5-13/h1-5,11,14-16H,6-10,12H2/t15-,16-/m1/s1. The lowest BCUT2D eigenvalue weighted by Crippen LogP contribution is -2.39. The molecule has 0 radical (unpaired) electrons. The first-order valence-electron chi connectivity index (χ1n) is 7.69. The minimum Gasteiger partial charge on any atom is -0.445 e. The van der Waals surface area contributed by atoms with Crippen molar-refractivity contribution in [2.24, 2.45) is 17.8 Å². The van der Waals surface area contributed by atoms with Gasteiger partial charge in [-0.1, -0.05) is 30.3 Å². The monoisotopic (exact) mass is 287 g/mol. The highest BCUT2D eigenvalue weighted by Crippen LogP contribution is 2.46. The zero-order chi connectivity index (χ0) is 14.7. The van der Waals surface area contributed by atoms with Gasteiger partial charge in [0.25, 0.3) is 0 Å². The van der Waals surface area contributed by atoms with Gasteiger partial charge in [0.15, 0.2) is 0 Å². The van der Waals surface area contributed by atoms with E-state index in [4.69, 9.17) is 4.74 Å². The molecule has 1 aromatic rings. The highest BCUT2D eigenvalue weighted by molar-refractivity contribution is 5.67. The summed E-state index contributed by atoms with van der Waals surface area (Å²) in [6.45, 7) is 1.83. The van der Waals surface area contributed by atoms with Crippen molar-refractivity contribution in [2.45, 2.75) is 25.9 Å². The number of likely N-dealkylation sites (tertiary alicyclic amines) is 1. The Labute approximate surface area is 125 Å². The van der Waals surface area contributed by atoms with Crippen LogP contribution in [0.15, 0.2) is 30.3 Å². The number of carbonyl (C=O) groups excluding carboxylic acids is 2. The van der Waals surface area contributed by atoms with Crippen molar-refractivity contribution in [3.63, 3.8) is 0 Å². The molecule has 0 unspecified atom stereocenters. The van der Waals surface area contributed by atoms with E-state index >= 15 is 0 Å². The van der Waals surface area contributed by atoms with Crippen LogP contribution in [0.3, 0.4) is 0 Å². The Balaban J connectivity index is 1.42. The molecule has 2 atom stereocenters. The Morgan fingerprint density at radius 1 is 1.24 bits per heavy atom. The summed E-state index contributed by atoms with van der Waals surface area (Å²) < 4.78 is 5.35. The van der Waals surface area contributed by atoms with E-state index in [9.17, 15) is 9.59 Å². The van der Waals surface area contributed by atoms with Crippen molar-refractivity contribution in [2.75, 3.05) is 13.1 Å². The third kappa shape index (κ3) is 3.43. The van der Waals surface area contributed by atoms with Crippen LogP contribution in [0.4, 0.5) is 4.79 Å². The highest BCUT2D eigenvalue weighted by Gasteiger charge is 2.43. The molecule has 0 N–H and O–H groups in total. The van der Waals surface area contributed by atoms with Crippen LogP contribution >= 0.6 is 0 Å². The molecule has 1 aliphatic heterocycles. The minimum absolute atomic E-state index is 0.222. The van der Waals surface area contributed by atoms with Crippen LogP contribution in [-0.2, 0) is 16.1 Å². The van der Waals surface area contributed by atoms with E-state index in [1.165, 1.54) is 0 Å². The summed E-state index contributed by atoms with van der Waals surface area (Å²) in [4.78, 5) is 24.5. The van der Waals surface area contributed by atoms with E-state index in [1.54, 1.807) is 4.90 Å². The number of ether oxygens (including phenoxy) is 1. The Morgan fingerprint density at radius 3 is 2.57 bits per heavy atom. The Bertz CT molecular complexity index is 494. The molecule has 3 rings (SSSR count). The molecule has 1 aliphatic carbocycles. The van der Waals surface area contributed by atoms with Crippen LogP contribution in [0.2, 0.25) is 0 Å². The van der Waals surface area contributed by atoms with Crippen LogP contribution in [-0.4, -0.2) is 30.4 Å². The first-order chi connectivity index (χ1) is 10.3. The molecule has 1 heterocycles. The summed E-state index contributed by atoms with van der Waals surface area (Å²) in [5.41, 5.74) is 1.01. The van der Waals surface area contributed by atoms with Gasteiger partial charge >= 0.3 is 6.09 Å². The predicted molar refractivity (Wildman–Crippen MR) is 78.6 cm³/mol. The molecule has 4 nitrogen and oxygen atoms in total. The van der Waals surface area contributed by atoms with Crippen LogP contribution in [0.5, 0.6) is 0 Å². The van der Waals surface area contributed by atoms with Crippen LogP contribution in [0.1, 0.15) is 24.8 Å². The molecule has 0 bridgehead atoms. The predicted octanol–water partition coefficient (Wildman–Crippen LogP) is 2.87. The average molecular weight is 287 g/mol. The van der Waals surface area contributed by atoms with Gasteiger partial charge in [0.05, 0.1) is 0 Å². The number of carbonyl (C=O) groups is 2. The van der Waals surface area contributed by atoms with Gasteiger partial charge in [-0.25, -0.2) is 4.79 Å². The lowest BCUT2D eigenvalue weighted by atomic mass is 9.91. The lowest BCUT2D eigenvalue weighted by molar-refractivity contribution is -0.109. The molecule has 1 saturated carbocycles. The van der Waals surface area contributed by atoms with E-state index in [1.807, 2.05) is 30.3 Å². The van der Waals surface area contributed by atoms with Gasteiger partial charge in [-0.3, -0.25) is 0 Å². The number of benzene rings is 1. The van der Waals surface area contributed by atoms with Crippen molar-refractivity contribution < 1.29 is 14.3 Å². The number of piperidine rings is 1. The van der Waals surface area contributed by atoms with Gasteiger partial charge in [0.2, 0.25) is 0 Å². The van der Waals surface area contributed by atoms with Crippen molar-refractivity contribution in [3.8, 4) is 0 Å². The summed E-state index contributed by atoms with van der Waals surface area (Å²) in [7, 11) is 0. The second-order valence-electron chi connectivity index (χ2n) is 6.06. The van der Waals surface area contributed by atoms with Gasteiger partial charge in [-0.2, -0.15) is 0 Å². The molecule has 2 aliphatic rings. The summed E-state index contributed by atoms with van der Waals surface area (Å²) in [5, 5.41) is 0. The number of aldehydes is 1. The smallest absolute Gasteiger partial charge is 0.410 e. The quantitative estimate of drug-likeness (QED) is 0.800. The Hall–Kier alpha value is -1.84. The molecule has 1 saturated heterocycles. The molecule has 4 heteroatoms. The number of hydrogen-bond acceptors (Lipinski definition) is 3. The van der Waals surface area contributed by atoms with Gasteiger partial charge < -0.3 is 14.4 Å². The second-order valence-corrected chi connectivity index (χ2v) is 6.06. The molecule has 0 aromatic heterocycles. The van der Waals surface area contributed by atoms with Crippen molar-refractivity contribution >= 4 is 12.4 Å². The van der Waals surface area contributed by atoms with E-state index in [0.29, 0.717) is 18.4 Å². The molecule has 0 spiro atoms. The molecular formula is C17H21NO3. The largest absolute Gasteiger partial charge is 0.445 e. The number of rotatable bonds is 4. The molecule has 21 heavy (non-hydrogen) atoms. The number of nitrogens with zero attached hydrogens (tertiary/aromatic N) is 1. The van der Waals surface area contributed by atoms with Crippen molar-refractivity contribution in [3.05, 3.63) is 35.9 Å². The van der Waals surface area contributed by atoms with Gasteiger partial charge in [0.1, 0.15) is 12.9 Å². The van der Waals surface area contributed by atoms with E-state index in [2.05, 4.69) is 0 Å². The van der Waals surface area contributed by atoms with E-state index < -0.39 is 0 Å². The topological polar surface area (TPSA) is 46.6 Å². The Kier molecular flexibility index (Phi) is 4.23. The van der Waals surface area contributed by atoms with E-state index in [-0.39, 0.29) is 12.0 Å². The summed E-state index contributed by atoms with van der Waals surface area (Å²) >= 11 is 0. The van der Waals surface area contributed by atoms with Crippen LogP contribution < -0.4 is 0 Å². The third-order valence-corrected chi connectivity index (χ3v) is 4.67. The minimum atomic E-state index is -0.222. The fourth-order valence-electron chi connectivity index (χ4n) is 3.25. The van der Waals surface area contributed by atoms with Crippen LogP contribution in [0, 0.1) is 17.8 Å². The second kappa shape index (κ2) is 6.29. The maximum absolute atomic E-state index is 12.0. The van der Waals surface area contributed by atoms with Gasteiger partial charge in [0, 0.05) is 19.0 Å². The van der Waals surface area contributed by atoms with Crippen molar-refractivity contribution in [1.82, 2.24) is 4.90 Å². The number of amides is 1. The summed E-state index contributed by atoms with van der Waals surface area (Å²) in [6, 6.07) is 9.72. The number of hydrogen-bond donors (Lipinski definition) is 0. The lowest BCUT2D eigenvalue weighted by Gasteiger charge is -2.31. The first-order valence-corrected chi connectivity index (χ1v) is 7.69. The SMILES string of the molecule is O=C[C@H]1C[C@@H]1C1CCN(C(=O)OCc2ccccc2)CC1. The van der Waals surface area contributed by atoms with Crippen molar-refractivity contribution in [1.29, 1.82) is 0 Å². The molecular weight excluding hydrogens is 266 g/mol. The zero-order valence-electron chi connectivity index (χ0n) is 12.1.